The highest BCUT2D eigenvalue weighted by molar-refractivity contribution is 7.66. The Kier molecular flexibility index (Phi) is 17.0. The van der Waals surface area contributed by atoms with Crippen molar-refractivity contribution in [2.24, 2.45) is 13.0 Å². The van der Waals surface area contributed by atoms with E-state index in [0.717, 1.165) is 36.6 Å². The lowest BCUT2D eigenvalue weighted by molar-refractivity contribution is -0.746. The zero-order chi connectivity index (χ0) is 56.1. The Balaban J connectivity index is 0.953. The maximum absolute atomic E-state index is 13.6. The van der Waals surface area contributed by atoms with Crippen molar-refractivity contribution in [2.75, 3.05) is 52.6 Å². The predicted molar refractivity (Wildman–Crippen MR) is 249 cm³/mol. The maximum Gasteiger partial charge on any atom is 0.490 e. The number of H-pyrrole nitrogens is 2. The number of amides is 1. The third-order valence-corrected chi connectivity index (χ3v) is 17.3. The van der Waals surface area contributed by atoms with Crippen LogP contribution in [0.5, 0.6) is 0 Å². The number of nitrogens with zero attached hydrogens (tertiary/aromatic N) is 8. The number of aliphatic hydroxyl groups excluding tert-OH is 2. The van der Waals surface area contributed by atoms with Crippen molar-refractivity contribution in [3.8, 4) is 0 Å². The molecule has 38 nitrogen and oxygen atoms in total. The van der Waals surface area contributed by atoms with Crippen LogP contribution in [0.1, 0.15) is 25.1 Å². The Morgan fingerprint density at radius 2 is 1.44 bits per heavy atom. The number of nitrogens with two attached hydrogens (primary N) is 2. The van der Waals surface area contributed by atoms with Gasteiger partial charge in [-0.05, 0) is 0 Å². The molecule has 1 amide bonds. The standard InChI is InChI=1S/C35H49N13O25P4/c1-38-19(50)7-14-15(68-32(24(14)63-3)48-13-45(2)21-29(48)43-34(37)44-30(21)53)8-66-75(57,58)72-77(61,62)73-76(59,60)67-10-17-25(26(64-4)33(70-17)47-12-41-20-27(36)39-11-40-28(20)47)71-74(55,56)65-9-16-22(51)23(52)31(69-16)46-6-5-18(49)42-35(46)54/h5-6,11-17,22-26,31-33,51-52H,7-10H2,1-4H3,(H10-,36,37,38,39,40,42,43,44,49,50,53,54,55,56,57,58,59,60,61,62)/p+1/t14-,15-,16-,17?,22-,23-,24-,25-,26-,31-,32-,33-/m1/s1. The molecule has 3 fully saturated rings. The highest BCUT2D eigenvalue weighted by Crippen LogP contribution is 2.68. The van der Waals surface area contributed by atoms with Crippen LogP contribution in [-0.4, -0.2) is 169 Å². The molecule has 8 heterocycles. The molecule has 42 heteroatoms. The van der Waals surface area contributed by atoms with E-state index in [0.29, 0.717) is 0 Å². The Labute approximate surface area is 429 Å². The number of hydrogen-bond donors (Lipinski definition) is 11. The lowest BCUT2D eigenvalue weighted by atomic mass is 9.94. The molecule has 0 spiro atoms. The summed E-state index contributed by atoms with van der Waals surface area (Å²) in [7, 11) is -18.3. The molecule has 3 saturated heterocycles. The quantitative estimate of drug-likeness (QED) is 0.0234. The summed E-state index contributed by atoms with van der Waals surface area (Å²) in [5.41, 5.74) is 9.40. The van der Waals surface area contributed by atoms with Crippen LogP contribution in [0, 0.1) is 5.92 Å². The molecule has 8 rings (SSSR count). The molecule has 13 N–H and O–H groups in total. The number of aromatic amines is 2. The highest BCUT2D eigenvalue weighted by Gasteiger charge is 2.54. The number of nitrogen functional groups attached to an aromatic ring is 2. The fourth-order valence-electron chi connectivity index (χ4n) is 8.71. The first-order valence-electron chi connectivity index (χ1n) is 22.1. The monoisotopic (exact) mass is 1180 g/mol. The second-order valence-corrected chi connectivity index (χ2v) is 23.0. The van der Waals surface area contributed by atoms with Crippen molar-refractivity contribution in [3.05, 3.63) is 62.4 Å². The maximum atomic E-state index is 13.6. The Hall–Kier alpha value is -5.11. The van der Waals surface area contributed by atoms with Crippen molar-refractivity contribution >= 4 is 71.3 Å². The number of carbonyl (C=O) groups is 1. The number of hydrogen-bond acceptors (Lipinski definition) is 27. The van der Waals surface area contributed by atoms with Crippen molar-refractivity contribution in [1.29, 1.82) is 0 Å². The third kappa shape index (κ3) is 12.5. The summed E-state index contributed by atoms with van der Waals surface area (Å²) in [6.07, 6.45) is -13.2. The topological polar surface area (TPSA) is 525 Å². The Bertz CT molecular complexity index is 3390. The number of aromatic nitrogens is 10. The third-order valence-electron chi connectivity index (χ3n) is 12.1. The van der Waals surface area contributed by atoms with Gasteiger partial charge in [-0.3, -0.25) is 56.1 Å². The van der Waals surface area contributed by atoms with Crippen LogP contribution in [0.15, 0.2) is 45.6 Å². The summed E-state index contributed by atoms with van der Waals surface area (Å²) >= 11 is 0. The van der Waals surface area contributed by atoms with Gasteiger partial charge < -0.3 is 70.3 Å². The summed E-state index contributed by atoms with van der Waals surface area (Å²) in [5, 5.41) is 23.7. The number of ether oxygens (including phenoxy) is 5. The van der Waals surface area contributed by atoms with Crippen LogP contribution in [0.3, 0.4) is 0 Å². The summed E-state index contributed by atoms with van der Waals surface area (Å²) in [6, 6.07) is 0.924. The molecule has 5 unspecified atom stereocenters. The number of imidazole rings is 2. The van der Waals surface area contributed by atoms with Gasteiger partial charge in [0.15, 0.2) is 30.2 Å². The zero-order valence-corrected chi connectivity index (χ0v) is 43.7. The van der Waals surface area contributed by atoms with E-state index >= 15 is 0 Å². The SMILES string of the molecule is CNC(=O)C[C@H]1[C@@H](OC)[C@H]([n+]2cn(C)c3c(=O)[nH]c(N)nc32)O[C@@H]1COP(=O)(O)OP(=O)(O)OP(=O)(O)OCC1O[C@@H](n2cnc3c(N)ncnc32)[C@H](OC)[C@@H]1OP(=O)(O)OC[C@H]1O[C@@H](n2ccc(=O)[nH]c2=O)[C@H](O)[C@@H]1O. The first-order chi connectivity index (χ1) is 36.2. The van der Waals surface area contributed by atoms with E-state index in [1.165, 1.54) is 41.2 Å². The van der Waals surface area contributed by atoms with E-state index < -0.39 is 147 Å². The number of phosphoric acid groups is 4. The van der Waals surface area contributed by atoms with Crippen LogP contribution in [0.4, 0.5) is 11.8 Å². The van der Waals surface area contributed by atoms with Gasteiger partial charge >= 0.3 is 42.6 Å². The molecule has 0 saturated carbocycles. The van der Waals surface area contributed by atoms with Crippen LogP contribution < -0.4 is 38.2 Å². The van der Waals surface area contributed by atoms with Gasteiger partial charge in [0, 0.05) is 45.9 Å². The van der Waals surface area contributed by atoms with Crippen molar-refractivity contribution in [2.45, 2.75) is 73.9 Å². The van der Waals surface area contributed by atoms with Gasteiger partial charge in [0.2, 0.25) is 17.7 Å². The molecule has 0 bridgehead atoms. The first kappa shape index (κ1) is 58.0. The molecule has 424 valence electrons. The lowest BCUT2D eigenvalue weighted by Gasteiger charge is -2.26. The van der Waals surface area contributed by atoms with E-state index in [4.69, 9.17) is 53.2 Å². The fraction of sp³-hybridized carbons (Fsp3) is 0.571. The van der Waals surface area contributed by atoms with Gasteiger partial charge in [-0.15, -0.1) is 0 Å². The number of aliphatic hydroxyl groups is 2. The van der Waals surface area contributed by atoms with Crippen molar-refractivity contribution < 1.29 is 108 Å². The summed E-state index contributed by atoms with van der Waals surface area (Å²) in [4.78, 5) is 113. The van der Waals surface area contributed by atoms with Gasteiger partial charge in [-0.25, -0.2) is 42.6 Å². The van der Waals surface area contributed by atoms with Crippen LogP contribution in [0.25, 0.3) is 22.3 Å². The molecule has 0 aromatic carbocycles. The van der Waals surface area contributed by atoms with E-state index in [-0.39, 0.29) is 40.5 Å². The second-order valence-electron chi connectivity index (χ2n) is 17.0. The molecular weight excluding hydrogens is 1130 g/mol. The molecule has 77 heavy (non-hydrogen) atoms. The minimum absolute atomic E-state index is 0.00442. The summed E-state index contributed by atoms with van der Waals surface area (Å²) in [6.45, 7) is -3.26. The number of rotatable bonds is 22. The minimum Gasteiger partial charge on any atom is -0.387 e. The van der Waals surface area contributed by atoms with E-state index in [1.54, 1.807) is 0 Å². The minimum atomic E-state index is -6.21. The van der Waals surface area contributed by atoms with Crippen LogP contribution >= 0.6 is 31.3 Å². The fourth-order valence-corrected chi connectivity index (χ4v) is 13.2. The van der Waals surface area contributed by atoms with E-state index in [9.17, 15) is 67.2 Å². The average Bonchev–Trinajstić information content (AvgIpc) is 4.15. The molecule has 0 radical (unpaired) electrons. The number of nitrogens with one attached hydrogen (secondary N) is 3. The van der Waals surface area contributed by atoms with Crippen molar-refractivity contribution in [1.82, 2.24) is 48.9 Å². The Morgan fingerprint density at radius 1 is 0.805 bits per heavy atom. The lowest BCUT2D eigenvalue weighted by Crippen LogP contribution is -2.46. The molecule has 5 aromatic heterocycles. The van der Waals surface area contributed by atoms with Crippen LogP contribution in [-0.2, 0) is 80.5 Å². The molecule has 3 aliphatic heterocycles. The molecule has 5 aromatic rings. The second kappa shape index (κ2) is 22.6. The van der Waals surface area contributed by atoms with Crippen molar-refractivity contribution in [3.63, 3.8) is 0 Å². The molecule has 3 aliphatic rings. The predicted octanol–water partition coefficient (Wildman–Crippen LogP) is -3.83. The average molecular weight is 1180 g/mol. The van der Waals surface area contributed by atoms with E-state index in [2.05, 4.69) is 38.9 Å². The van der Waals surface area contributed by atoms with Gasteiger partial charge in [0.05, 0.1) is 39.3 Å². The number of aryl methyl sites for hydroxylation is 1. The number of carbonyl (C=O) groups excluding carboxylic acids is 1. The normalized spacial score (nSPS) is 29.8. The molecular formula is C35H50N13O25P4+. The first-order valence-corrected chi connectivity index (χ1v) is 28.1. The highest BCUT2D eigenvalue weighted by atomic mass is 31.3. The van der Waals surface area contributed by atoms with Gasteiger partial charge in [-0.2, -0.15) is 8.62 Å². The smallest absolute Gasteiger partial charge is 0.387 e. The summed E-state index contributed by atoms with van der Waals surface area (Å²) < 4.78 is 116. The zero-order valence-electron chi connectivity index (χ0n) is 40.1. The van der Waals surface area contributed by atoms with Crippen LogP contribution in [0.2, 0.25) is 0 Å². The van der Waals surface area contributed by atoms with Gasteiger partial charge in [0.25, 0.3) is 17.1 Å². The number of phosphoric ester groups is 3. The molecule has 0 aliphatic carbocycles. The largest absolute Gasteiger partial charge is 0.490 e. The van der Waals surface area contributed by atoms with Gasteiger partial charge in [0.1, 0.15) is 54.6 Å². The van der Waals surface area contributed by atoms with E-state index in [1.807, 2.05) is 4.98 Å². The summed E-state index contributed by atoms with van der Waals surface area (Å²) in [5.74, 6) is -1.92. The number of anilines is 2. The Morgan fingerprint density at radius 3 is 2.09 bits per heavy atom. The van der Waals surface area contributed by atoms with Gasteiger partial charge in [-0.1, -0.05) is 4.98 Å². The number of fused-ring (bicyclic) bond motifs is 2. The molecule has 16 atom stereocenters. The number of methoxy groups -OCH3 is 2.